The van der Waals surface area contributed by atoms with Gasteiger partial charge in [0.2, 0.25) is 0 Å². The molecule has 1 heterocycles. The number of hydrogen-bond acceptors (Lipinski definition) is 2. The molecule has 1 saturated heterocycles. The first-order valence-corrected chi connectivity index (χ1v) is 9.28. The molecule has 0 unspecified atom stereocenters. The van der Waals surface area contributed by atoms with Crippen molar-refractivity contribution < 1.29 is 4.79 Å². The fraction of sp³-hybridized carbons (Fsp3) is 0.263. The van der Waals surface area contributed by atoms with Crippen LogP contribution in [0.25, 0.3) is 0 Å². The van der Waals surface area contributed by atoms with E-state index < -0.39 is 0 Å². The molecule has 2 aromatic carbocycles. The zero-order valence-corrected chi connectivity index (χ0v) is 14.6. The Morgan fingerprint density at radius 2 is 1.92 bits per heavy atom. The lowest BCUT2D eigenvalue weighted by Gasteiger charge is -2.18. The zero-order valence-electron chi connectivity index (χ0n) is 13.7. The van der Waals surface area contributed by atoms with Crippen molar-refractivity contribution in [2.45, 2.75) is 24.3 Å². The Morgan fingerprint density at radius 3 is 2.62 bits per heavy atom. The number of carbonyl (C=O) groups is 1. The van der Waals surface area contributed by atoms with Gasteiger partial charge in [0.05, 0.1) is 0 Å². The largest absolute Gasteiger partial charge is 0.356 e. The predicted molar refractivity (Wildman–Crippen MR) is 101 cm³/mol. The monoisotopic (exact) mass is 339 g/mol. The average molecular weight is 339 g/mol. The number of urea groups is 1. The topological polar surface area (TPSA) is 44.7 Å². The molecule has 2 amide bonds. The number of amides is 2. The molecule has 2 aromatic rings. The van der Waals surface area contributed by atoms with Gasteiger partial charge in [0, 0.05) is 30.1 Å². The Kier molecular flexibility index (Phi) is 5.54. The Hall–Kier alpha value is -2.27. The van der Waals surface area contributed by atoms with E-state index in [0.29, 0.717) is 0 Å². The number of thioether (sulfide) groups is 1. The van der Waals surface area contributed by atoms with Gasteiger partial charge in [-0.2, -0.15) is 4.99 Å². The first kappa shape index (κ1) is 16.6. The minimum absolute atomic E-state index is 0.304. The Morgan fingerprint density at radius 1 is 1.17 bits per heavy atom. The van der Waals surface area contributed by atoms with E-state index in [9.17, 15) is 4.79 Å². The lowest BCUT2D eigenvalue weighted by molar-refractivity contribution is 0.259. The van der Waals surface area contributed by atoms with Gasteiger partial charge in [0.25, 0.3) is 0 Å². The number of benzene rings is 2. The van der Waals surface area contributed by atoms with Crippen molar-refractivity contribution in [2.75, 3.05) is 18.1 Å². The summed E-state index contributed by atoms with van der Waals surface area (Å²) in [6.45, 7) is 1.75. The first-order valence-electron chi connectivity index (χ1n) is 8.06. The fourth-order valence-electron chi connectivity index (χ4n) is 2.76. The van der Waals surface area contributed by atoms with Crippen molar-refractivity contribution >= 4 is 29.3 Å². The van der Waals surface area contributed by atoms with Gasteiger partial charge in [-0.25, -0.2) is 4.79 Å². The van der Waals surface area contributed by atoms with Gasteiger partial charge in [-0.3, -0.25) is 0 Å². The summed E-state index contributed by atoms with van der Waals surface area (Å²) in [5.74, 6) is 0.872. The molecule has 0 bridgehead atoms. The number of nitrogens with one attached hydrogen (secondary N) is 1. The van der Waals surface area contributed by atoms with Gasteiger partial charge >= 0.3 is 6.03 Å². The summed E-state index contributed by atoms with van der Waals surface area (Å²) in [7, 11) is 0. The number of amidine groups is 1. The smallest absolute Gasteiger partial charge is 0.347 e. The highest BCUT2D eigenvalue weighted by molar-refractivity contribution is 7.98. The molecule has 0 radical (unpaired) electrons. The van der Waals surface area contributed by atoms with E-state index in [-0.39, 0.29) is 6.03 Å². The summed E-state index contributed by atoms with van der Waals surface area (Å²) in [6, 6.07) is 17.8. The predicted octanol–water partition coefficient (Wildman–Crippen LogP) is 4.63. The van der Waals surface area contributed by atoms with Crippen LogP contribution in [0.5, 0.6) is 0 Å². The van der Waals surface area contributed by atoms with Crippen LogP contribution < -0.4 is 5.32 Å². The third-order valence-corrected chi connectivity index (χ3v) is 4.73. The molecule has 1 N–H and O–H groups in total. The molecular weight excluding hydrogens is 318 g/mol. The van der Waals surface area contributed by atoms with Crippen molar-refractivity contribution in [3.63, 3.8) is 0 Å². The second kappa shape index (κ2) is 8.02. The van der Waals surface area contributed by atoms with E-state index in [0.717, 1.165) is 37.5 Å². The third-order valence-electron chi connectivity index (χ3n) is 3.98. The maximum atomic E-state index is 12.2. The molecule has 3 rings (SSSR count). The molecule has 4 nitrogen and oxygen atoms in total. The Balaban J connectivity index is 1.63. The standard InChI is InChI=1S/C19H21N3OS/c1-24-17-11-9-16(10-12-17)20-19(23)21-18-8-5-13-22(18)14-15-6-3-2-4-7-15/h2-4,6-7,9-12H,5,8,13-14H2,1H3,(H,20,23)/b21-18-. The highest BCUT2D eigenvalue weighted by Crippen LogP contribution is 2.19. The lowest BCUT2D eigenvalue weighted by atomic mass is 10.2. The molecule has 1 aliphatic rings. The summed E-state index contributed by atoms with van der Waals surface area (Å²) >= 11 is 1.68. The number of hydrogen-bond donors (Lipinski definition) is 1. The van der Waals surface area contributed by atoms with Gasteiger partial charge < -0.3 is 10.2 Å². The number of likely N-dealkylation sites (tertiary alicyclic amines) is 1. The molecule has 0 aromatic heterocycles. The fourth-order valence-corrected chi connectivity index (χ4v) is 3.17. The summed E-state index contributed by atoms with van der Waals surface area (Å²) in [5, 5.41) is 2.84. The summed E-state index contributed by atoms with van der Waals surface area (Å²) in [5.41, 5.74) is 2.01. The van der Waals surface area contributed by atoms with E-state index in [1.807, 2.05) is 48.7 Å². The number of carbonyl (C=O) groups excluding carboxylic acids is 1. The van der Waals surface area contributed by atoms with E-state index in [4.69, 9.17) is 0 Å². The maximum Gasteiger partial charge on any atom is 0.347 e. The Bertz CT molecular complexity index is 713. The molecule has 0 atom stereocenters. The van der Waals surface area contributed by atoms with Crippen molar-refractivity contribution in [2.24, 2.45) is 4.99 Å². The second-order valence-corrected chi connectivity index (χ2v) is 6.58. The highest BCUT2D eigenvalue weighted by Gasteiger charge is 2.19. The number of rotatable bonds is 4. The molecule has 124 valence electrons. The minimum Gasteiger partial charge on any atom is -0.356 e. The summed E-state index contributed by atoms with van der Waals surface area (Å²) < 4.78 is 0. The van der Waals surface area contributed by atoms with Crippen LogP contribution in [-0.4, -0.2) is 29.6 Å². The molecule has 0 aliphatic carbocycles. The quantitative estimate of drug-likeness (QED) is 0.826. The van der Waals surface area contributed by atoms with E-state index in [2.05, 4.69) is 27.3 Å². The Labute approximate surface area is 147 Å². The molecule has 1 fully saturated rings. The van der Waals surface area contributed by atoms with Crippen LogP contribution in [0.4, 0.5) is 10.5 Å². The zero-order chi connectivity index (χ0) is 16.8. The average Bonchev–Trinajstić information content (AvgIpc) is 3.03. The van der Waals surface area contributed by atoms with Crippen LogP contribution in [0.1, 0.15) is 18.4 Å². The van der Waals surface area contributed by atoms with Crippen LogP contribution in [0, 0.1) is 0 Å². The molecule has 0 spiro atoms. The normalized spacial score (nSPS) is 15.7. The maximum absolute atomic E-state index is 12.2. The highest BCUT2D eigenvalue weighted by atomic mass is 32.2. The minimum atomic E-state index is -0.304. The van der Waals surface area contributed by atoms with Crippen LogP contribution in [-0.2, 0) is 6.54 Å². The van der Waals surface area contributed by atoms with Crippen LogP contribution in [0.3, 0.4) is 0 Å². The van der Waals surface area contributed by atoms with Crippen molar-refractivity contribution in [3.05, 3.63) is 60.2 Å². The van der Waals surface area contributed by atoms with Crippen LogP contribution in [0.15, 0.2) is 64.5 Å². The molecular formula is C19H21N3OS. The molecule has 5 heteroatoms. The second-order valence-electron chi connectivity index (χ2n) is 5.70. The van der Waals surface area contributed by atoms with Gasteiger partial charge in [-0.15, -0.1) is 11.8 Å². The van der Waals surface area contributed by atoms with Crippen LogP contribution in [0.2, 0.25) is 0 Å². The van der Waals surface area contributed by atoms with Gasteiger partial charge in [-0.1, -0.05) is 30.3 Å². The SMILES string of the molecule is CSc1ccc(NC(=O)/N=C2/CCCN2Cc2ccccc2)cc1. The molecule has 1 aliphatic heterocycles. The van der Waals surface area contributed by atoms with Crippen molar-refractivity contribution in [3.8, 4) is 0 Å². The molecule has 0 saturated carbocycles. The lowest BCUT2D eigenvalue weighted by Crippen LogP contribution is -2.26. The summed E-state index contributed by atoms with van der Waals surface area (Å²) in [6.07, 6.45) is 3.92. The van der Waals surface area contributed by atoms with E-state index in [1.54, 1.807) is 11.8 Å². The van der Waals surface area contributed by atoms with E-state index >= 15 is 0 Å². The summed E-state index contributed by atoms with van der Waals surface area (Å²) in [4.78, 5) is 19.8. The number of nitrogens with zero attached hydrogens (tertiary/aromatic N) is 2. The van der Waals surface area contributed by atoms with Crippen LogP contribution >= 0.6 is 11.8 Å². The van der Waals surface area contributed by atoms with Gasteiger partial charge in [0.15, 0.2) is 0 Å². The number of anilines is 1. The van der Waals surface area contributed by atoms with Gasteiger partial charge in [-0.05, 0) is 42.5 Å². The molecule has 24 heavy (non-hydrogen) atoms. The van der Waals surface area contributed by atoms with Crippen molar-refractivity contribution in [1.29, 1.82) is 0 Å². The van der Waals surface area contributed by atoms with E-state index in [1.165, 1.54) is 10.5 Å². The first-order chi connectivity index (χ1) is 11.7. The number of aliphatic imine (C=N–C) groups is 1. The van der Waals surface area contributed by atoms with Gasteiger partial charge in [0.1, 0.15) is 5.84 Å². The van der Waals surface area contributed by atoms with Crippen molar-refractivity contribution in [1.82, 2.24) is 4.90 Å². The third kappa shape index (κ3) is 4.38.